The van der Waals surface area contributed by atoms with Gasteiger partial charge in [0.2, 0.25) is 0 Å². The first kappa shape index (κ1) is 23.6. The van der Waals surface area contributed by atoms with Gasteiger partial charge in [-0.15, -0.1) is 22.7 Å². The number of hydrogen-bond donors (Lipinski definition) is 0. The van der Waals surface area contributed by atoms with E-state index in [2.05, 4.69) is 9.97 Å². The minimum Gasteiger partial charge on any atom is -0.420 e. The molecular weight excluding hydrogens is 459 g/mol. The number of nitrogens with zero attached hydrogens (tertiary/aromatic N) is 3. The number of hydrogen-bond acceptors (Lipinski definition) is 7. The Morgan fingerprint density at radius 2 is 1.78 bits per heavy atom. The molecule has 5 nitrogen and oxygen atoms in total. The lowest BCUT2D eigenvalue weighted by Gasteiger charge is -2.14. The lowest BCUT2D eigenvalue weighted by Crippen LogP contribution is -2.12. The molecular formula is C22H18F3N3O2S2. The van der Waals surface area contributed by atoms with Crippen LogP contribution in [0.3, 0.4) is 0 Å². The van der Waals surface area contributed by atoms with E-state index in [0.29, 0.717) is 16.3 Å². The minimum atomic E-state index is -4.80. The Bertz CT molecular complexity index is 1210. The molecule has 0 unspecified atom stereocenters. The standard InChI is InChI=1S/C22H18F3N3O2S2/c1-12-27-18(22(23,24)25)17(32-12)16(30-19(29)13-8-6-5-7-9-13)14(10-26)15-11-31-20(28-15)21(2,3)4/h5-9,11H,1-4H3. The van der Waals surface area contributed by atoms with E-state index in [-0.39, 0.29) is 27.3 Å². The van der Waals surface area contributed by atoms with Gasteiger partial charge in [-0.2, -0.15) is 18.4 Å². The molecule has 0 atom stereocenters. The number of allylic oxidation sites excluding steroid dienone is 1. The van der Waals surface area contributed by atoms with Crippen LogP contribution in [0.5, 0.6) is 0 Å². The number of aryl methyl sites for hydroxylation is 1. The summed E-state index contributed by atoms with van der Waals surface area (Å²) in [5, 5.41) is 12.2. The molecule has 0 radical (unpaired) electrons. The van der Waals surface area contributed by atoms with Crippen molar-refractivity contribution in [2.45, 2.75) is 39.3 Å². The highest BCUT2D eigenvalue weighted by atomic mass is 32.1. The maximum Gasteiger partial charge on any atom is 0.434 e. The van der Waals surface area contributed by atoms with Crippen molar-refractivity contribution in [3.63, 3.8) is 0 Å². The van der Waals surface area contributed by atoms with Crippen LogP contribution in [0.15, 0.2) is 35.7 Å². The van der Waals surface area contributed by atoms with E-state index >= 15 is 0 Å². The van der Waals surface area contributed by atoms with Gasteiger partial charge in [0.1, 0.15) is 16.5 Å². The molecule has 0 saturated heterocycles. The predicted octanol–water partition coefficient (Wildman–Crippen LogP) is 6.47. The average Bonchev–Trinajstić information content (AvgIpc) is 3.35. The first-order chi connectivity index (χ1) is 14.9. The third-order valence-electron chi connectivity index (χ3n) is 4.15. The van der Waals surface area contributed by atoms with Crippen LogP contribution in [0.25, 0.3) is 11.3 Å². The maximum atomic E-state index is 13.7. The molecule has 0 aliphatic heterocycles. The van der Waals surface area contributed by atoms with Gasteiger partial charge in [0.25, 0.3) is 0 Å². The molecule has 2 aromatic heterocycles. The van der Waals surface area contributed by atoms with Crippen LogP contribution in [0.4, 0.5) is 13.2 Å². The summed E-state index contributed by atoms with van der Waals surface area (Å²) in [6, 6.07) is 9.70. The molecule has 32 heavy (non-hydrogen) atoms. The summed E-state index contributed by atoms with van der Waals surface area (Å²) in [6.45, 7) is 7.19. The third-order valence-corrected chi connectivity index (χ3v) is 6.39. The molecule has 10 heteroatoms. The Labute approximate surface area is 190 Å². The first-order valence-electron chi connectivity index (χ1n) is 9.34. The van der Waals surface area contributed by atoms with Gasteiger partial charge in [-0.25, -0.2) is 14.8 Å². The van der Waals surface area contributed by atoms with Crippen LogP contribution >= 0.6 is 22.7 Å². The van der Waals surface area contributed by atoms with Gasteiger partial charge >= 0.3 is 12.1 Å². The molecule has 3 aromatic rings. The summed E-state index contributed by atoms with van der Waals surface area (Å²) in [5.74, 6) is -1.40. The van der Waals surface area contributed by atoms with Crippen molar-refractivity contribution in [2.24, 2.45) is 0 Å². The number of thiazole rings is 2. The monoisotopic (exact) mass is 477 g/mol. The van der Waals surface area contributed by atoms with Gasteiger partial charge in [0, 0.05) is 10.8 Å². The fraction of sp³-hybridized carbons (Fsp3) is 0.273. The molecule has 0 aliphatic rings. The molecule has 1 aromatic carbocycles. The second-order valence-electron chi connectivity index (χ2n) is 7.77. The lowest BCUT2D eigenvalue weighted by molar-refractivity contribution is -0.141. The topological polar surface area (TPSA) is 75.9 Å². The van der Waals surface area contributed by atoms with E-state index in [1.54, 1.807) is 23.6 Å². The summed E-state index contributed by atoms with van der Waals surface area (Å²) in [4.78, 5) is 20.3. The largest absolute Gasteiger partial charge is 0.434 e. The number of benzene rings is 1. The molecule has 0 fully saturated rings. The van der Waals surface area contributed by atoms with E-state index in [1.807, 2.05) is 26.8 Å². The fourth-order valence-corrected chi connectivity index (χ4v) is 4.49. The van der Waals surface area contributed by atoms with Crippen molar-refractivity contribution in [2.75, 3.05) is 0 Å². The van der Waals surface area contributed by atoms with Crippen LogP contribution < -0.4 is 0 Å². The number of esters is 1. The SMILES string of the molecule is Cc1nc(C(F)(F)F)c(C(OC(=O)c2ccccc2)=C(C#N)c2csc(C(C)(C)C)n2)s1. The van der Waals surface area contributed by atoms with E-state index < -0.39 is 28.5 Å². The maximum absolute atomic E-state index is 13.7. The Morgan fingerprint density at radius 3 is 2.31 bits per heavy atom. The van der Waals surface area contributed by atoms with Crippen LogP contribution in [0.2, 0.25) is 0 Å². The number of carbonyl (C=O) groups is 1. The number of rotatable bonds is 4. The summed E-state index contributed by atoms with van der Waals surface area (Å²) in [5.41, 5.74) is -1.55. The third kappa shape index (κ3) is 5.06. The van der Waals surface area contributed by atoms with Crippen molar-refractivity contribution < 1.29 is 22.7 Å². The van der Waals surface area contributed by atoms with Crippen LogP contribution in [0.1, 0.15) is 57.4 Å². The highest BCUT2D eigenvalue weighted by molar-refractivity contribution is 7.13. The zero-order valence-electron chi connectivity index (χ0n) is 17.6. The second kappa shape index (κ2) is 8.84. The molecule has 0 aliphatic carbocycles. The normalized spacial score (nSPS) is 12.8. The van der Waals surface area contributed by atoms with Crippen LogP contribution in [-0.4, -0.2) is 15.9 Å². The van der Waals surface area contributed by atoms with Crippen molar-refractivity contribution in [1.29, 1.82) is 5.26 Å². The van der Waals surface area contributed by atoms with E-state index in [1.165, 1.54) is 30.4 Å². The van der Waals surface area contributed by atoms with Crippen molar-refractivity contribution in [1.82, 2.24) is 9.97 Å². The lowest BCUT2D eigenvalue weighted by atomic mass is 9.98. The Morgan fingerprint density at radius 1 is 1.12 bits per heavy atom. The molecule has 0 N–H and O–H groups in total. The number of nitriles is 1. The molecule has 0 spiro atoms. The zero-order chi connectivity index (χ0) is 23.7. The summed E-state index contributed by atoms with van der Waals surface area (Å²) in [6.07, 6.45) is -4.80. The Kier molecular flexibility index (Phi) is 6.53. The van der Waals surface area contributed by atoms with Crippen LogP contribution in [0, 0.1) is 18.3 Å². The number of aromatic nitrogens is 2. The fourth-order valence-electron chi connectivity index (χ4n) is 2.67. The number of alkyl halides is 3. The molecule has 166 valence electrons. The van der Waals surface area contributed by atoms with E-state index in [9.17, 15) is 23.2 Å². The Hall–Kier alpha value is -3.03. The van der Waals surface area contributed by atoms with Gasteiger partial charge < -0.3 is 4.74 Å². The van der Waals surface area contributed by atoms with Gasteiger partial charge in [0.05, 0.1) is 21.3 Å². The quantitative estimate of drug-likeness (QED) is 0.244. The summed E-state index contributed by atoms with van der Waals surface area (Å²) < 4.78 is 46.5. The second-order valence-corrected chi connectivity index (χ2v) is 9.83. The predicted molar refractivity (Wildman–Crippen MR) is 117 cm³/mol. The smallest absolute Gasteiger partial charge is 0.420 e. The van der Waals surface area contributed by atoms with Crippen molar-refractivity contribution >= 4 is 40.0 Å². The van der Waals surface area contributed by atoms with Gasteiger partial charge in [-0.05, 0) is 19.1 Å². The van der Waals surface area contributed by atoms with E-state index in [4.69, 9.17) is 4.74 Å². The van der Waals surface area contributed by atoms with Crippen LogP contribution in [-0.2, 0) is 16.3 Å². The van der Waals surface area contributed by atoms with Crippen molar-refractivity contribution in [3.8, 4) is 6.07 Å². The van der Waals surface area contributed by atoms with Crippen molar-refractivity contribution in [3.05, 3.63) is 67.6 Å². The average molecular weight is 478 g/mol. The molecule has 0 saturated carbocycles. The Balaban J connectivity index is 2.24. The molecule has 2 heterocycles. The number of halogens is 3. The summed E-state index contributed by atoms with van der Waals surface area (Å²) in [7, 11) is 0. The number of ether oxygens (including phenoxy) is 1. The molecule has 3 rings (SSSR count). The van der Waals surface area contributed by atoms with Gasteiger partial charge in [0.15, 0.2) is 11.5 Å². The van der Waals surface area contributed by atoms with Gasteiger partial charge in [-0.1, -0.05) is 39.0 Å². The molecule has 0 bridgehead atoms. The van der Waals surface area contributed by atoms with E-state index in [0.717, 1.165) is 0 Å². The van der Waals surface area contributed by atoms with Gasteiger partial charge in [-0.3, -0.25) is 0 Å². The molecule has 0 amide bonds. The minimum absolute atomic E-state index is 0.117. The number of carbonyl (C=O) groups excluding carboxylic acids is 1. The highest BCUT2D eigenvalue weighted by Gasteiger charge is 2.40. The first-order valence-corrected chi connectivity index (χ1v) is 11.0. The summed E-state index contributed by atoms with van der Waals surface area (Å²) >= 11 is 1.97. The zero-order valence-corrected chi connectivity index (χ0v) is 19.2. The highest BCUT2D eigenvalue weighted by Crippen LogP contribution is 2.41.